The number of carbonyl (C=O) groups excluding carboxylic acids is 1. The van der Waals surface area contributed by atoms with Crippen molar-refractivity contribution in [3.8, 4) is 0 Å². The van der Waals surface area contributed by atoms with Crippen LogP contribution in [0.2, 0.25) is 0 Å². The third kappa shape index (κ3) is 12.8. The lowest BCUT2D eigenvalue weighted by Crippen LogP contribution is -2.21. The van der Waals surface area contributed by atoms with E-state index in [9.17, 15) is 27.7 Å². The van der Waals surface area contributed by atoms with Crippen LogP contribution in [0.25, 0.3) is 10.9 Å². The number of carbonyl (C=O) groups is 2. The minimum atomic E-state index is -4.78. The smallest absolute Gasteiger partial charge is 0.317 e. The number of carboxylic acid groups (broad SMARTS) is 1. The topological polar surface area (TPSA) is 137 Å². The Kier molecular flexibility index (Phi) is 16.0. The van der Waals surface area contributed by atoms with Crippen LogP contribution in [0, 0.1) is 0 Å². The number of nitrogens with zero attached hydrogens (tertiary/aromatic N) is 2. The number of rotatable bonds is 23. The molecule has 0 spiro atoms. The van der Waals surface area contributed by atoms with E-state index in [2.05, 4.69) is 16.9 Å². The normalized spacial score (nSPS) is 13.1. The summed E-state index contributed by atoms with van der Waals surface area (Å²) in [5.74, 6) is -1.64. The number of aliphatic carboxylic acids is 1. The van der Waals surface area contributed by atoms with Gasteiger partial charge >= 0.3 is 5.97 Å². The van der Waals surface area contributed by atoms with Crippen LogP contribution < -0.4 is 0 Å². The third-order valence-electron chi connectivity index (χ3n) is 8.04. The molecule has 246 valence electrons. The van der Waals surface area contributed by atoms with Gasteiger partial charge in [-0.3, -0.25) is 9.59 Å². The molecule has 45 heavy (non-hydrogen) atoms. The first kappa shape index (κ1) is 36.6. The molecule has 0 amide bonds. The van der Waals surface area contributed by atoms with Gasteiger partial charge in [0.1, 0.15) is 31.5 Å². The molecule has 0 saturated heterocycles. The average molecular weight is 656 g/mol. The predicted molar refractivity (Wildman–Crippen MR) is 180 cm³/mol. The van der Waals surface area contributed by atoms with Crippen LogP contribution in [0.5, 0.6) is 0 Å². The van der Waals surface area contributed by atoms with Crippen molar-refractivity contribution in [2.75, 3.05) is 0 Å². The van der Waals surface area contributed by atoms with Crippen molar-refractivity contribution in [3.63, 3.8) is 0 Å². The number of para-hydroxylation sites is 1. The van der Waals surface area contributed by atoms with Crippen LogP contribution in [0.3, 0.4) is 0 Å². The maximum Gasteiger partial charge on any atom is 0.317 e. The second-order valence-electron chi connectivity index (χ2n) is 11.7. The van der Waals surface area contributed by atoms with Crippen molar-refractivity contribution in [1.29, 1.82) is 0 Å². The first-order chi connectivity index (χ1) is 21.7. The van der Waals surface area contributed by atoms with Gasteiger partial charge in [0.25, 0.3) is 0 Å². The number of carboxylic acids is 1. The van der Waals surface area contributed by atoms with E-state index in [0.29, 0.717) is 22.9 Å². The molecular formula is C35H47N2O6S2-. The zero-order valence-corrected chi connectivity index (χ0v) is 28.0. The van der Waals surface area contributed by atoms with Gasteiger partial charge in [-0.1, -0.05) is 157 Å². The van der Waals surface area contributed by atoms with Gasteiger partial charge in [-0.2, -0.15) is 0 Å². The number of ketones is 1. The standard InChI is InChI=1S/C35H48N2O6S2/c1-2-3-4-5-6-7-8-9-10-11-12-13-14-18-25-32(45(41,42)43)33-36-29-24-20-19-23-28(29)34(37-33)44-31(35(39)40)26-30(38)27-21-16-15-17-22-27/h15-17,19-24,31-32H,2-14,18,25-26H2,1H3,(H,39,40)(H,41,42,43)/p-1. The molecule has 0 saturated carbocycles. The quantitative estimate of drug-likeness (QED) is 0.0349. The number of unbranched alkanes of at least 4 members (excludes halogenated alkanes) is 13. The van der Waals surface area contributed by atoms with Crippen molar-refractivity contribution in [1.82, 2.24) is 9.97 Å². The Morgan fingerprint density at radius 2 is 1.31 bits per heavy atom. The van der Waals surface area contributed by atoms with E-state index in [1.165, 1.54) is 57.8 Å². The van der Waals surface area contributed by atoms with E-state index in [1.54, 1.807) is 54.6 Å². The van der Waals surface area contributed by atoms with E-state index in [1.807, 2.05) is 0 Å². The molecule has 1 heterocycles. The molecule has 3 rings (SSSR count). The monoisotopic (exact) mass is 655 g/mol. The van der Waals surface area contributed by atoms with Gasteiger partial charge in [-0.15, -0.1) is 0 Å². The molecule has 1 aromatic heterocycles. The second kappa shape index (κ2) is 19.6. The van der Waals surface area contributed by atoms with Crippen LogP contribution in [-0.2, 0) is 14.9 Å². The van der Waals surface area contributed by atoms with Gasteiger partial charge in [0, 0.05) is 17.4 Å². The average Bonchev–Trinajstić information content (AvgIpc) is 3.02. The highest BCUT2D eigenvalue weighted by atomic mass is 32.2. The van der Waals surface area contributed by atoms with Gasteiger partial charge in [-0.25, -0.2) is 18.4 Å². The van der Waals surface area contributed by atoms with Gasteiger partial charge in [0.05, 0.1) is 5.52 Å². The fourth-order valence-corrected chi connectivity index (χ4v) is 7.32. The molecule has 0 aliphatic heterocycles. The van der Waals surface area contributed by atoms with Crippen LogP contribution in [-0.4, -0.2) is 45.0 Å². The Morgan fingerprint density at radius 3 is 1.87 bits per heavy atom. The molecule has 0 aliphatic carbocycles. The van der Waals surface area contributed by atoms with E-state index in [-0.39, 0.29) is 29.5 Å². The van der Waals surface area contributed by atoms with Crippen LogP contribution >= 0.6 is 11.8 Å². The molecule has 2 aromatic carbocycles. The zero-order chi connectivity index (χ0) is 32.5. The fraction of sp³-hybridized carbons (Fsp3) is 0.543. The minimum Gasteiger partial charge on any atom is -0.747 e. The Balaban J connectivity index is 1.59. The van der Waals surface area contributed by atoms with Gasteiger partial charge < -0.3 is 9.66 Å². The first-order valence-electron chi connectivity index (χ1n) is 16.4. The Hall–Kier alpha value is -2.82. The van der Waals surface area contributed by atoms with Crippen LogP contribution in [0.15, 0.2) is 59.6 Å². The van der Waals surface area contributed by atoms with Crippen molar-refractivity contribution < 1.29 is 27.7 Å². The largest absolute Gasteiger partial charge is 0.747 e. The molecule has 10 heteroatoms. The molecule has 0 radical (unpaired) electrons. The number of fused-ring (bicyclic) bond motifs is 1. The Morgan fingerprint density at radius 1 is 0.778 bits per heavy atom. The molecular weight excluding hydrogens is 609 g/mol. The predicted octanol–water partition coefficient (Wildman–Crippen LogP) is 8.91. The zero-order valence-electron chi connectivity index (χ0n) is 26.4. The summed E-state index contributed by atoms with van der Waals surface area (Å²) in [5.41, 5.74) is 0.821. The number of aromatic nitrogens is 2. The number of thioether (sulfide) groups is 1. The lowest BCUT2D eigenvalue weighted by Gasteiger charge is -2.21. The molecule has 3 aromatic rings. The Bertz CT molecular complexity index is 1450. The van der Waals surface area contributed by atoms with E-state index < -0.39 is 26.6 Å². The number of Topliss-reactive ketones (excluding diaryl/α,β-unsaturated/α-hetero) is 1. The summed E-state index contributed by atoms with van der Waals surface area (Å²) < 4.78 is 37.2. The number of benzene rings is 2. The van der Waals surface area contributed by atoms with Crippen LogP contribution in [0.4, 0.5) is 0 Å². The molecule has 0 fully saturated rings. The van der Waals surface area contributed by atoms with E-state index in [4.69, 9.17) is 0 Å². The highest BCUT2D eigenvalue weighted by molar-refractivity contribution is 8.00. The van der Waals surface area contributed by atoms with Crippen molar-refractivity contribution in [3.05, 3.63) is 66.0 Å². The molecule has 2 unspecified atom stereocenters. The highest BCUT2D eigenvalue weighted by Crippen LogP contribution is 2.34. The van der Waals surface area contributed by atoms with Gasteiger partial charge in [0.2, 0.25) is 0 Å². The lowest BCUT2D eigenvalue weighted by atomic mass is 10.0. The minimum absolute atomic E-state index is 0.0984. The third-order valence-corrected chi connectivity index (χ3v) is 10.4. The Labute approximate surface area is 272 Å². The molecule has 8 nitrogen and oxygen atoms in total. The maximum absolute atomic E-state index is 12.8. The summed E-state index contributed by atoms with van der Waals surface area (Å²) in [6.07, 6.45) is 16.1. The lowest BCUT2D eigenvalue weighted by molar-refractivity contribution is -0.136. The van der Waals surface area contributed by atoms with Crippen molar-refractivity contribution in [2.45, 2.75) is 125 Å². The summed E-state index contributed by atoms with van der Waals surface area (Å²) >= 11 is 0.872. The molecule has 0 bridgehead atoms. The van der Waals surface area contributed by atoms with Crippen LogP contribution in [0.1, 0.15) is 131 Å². The van der Waals surface area contributed by atoms with Gasteiger partial charge in [-0.05, 0) is 12.5 Å². The van der Waals surface area contributed by atoms with E-state index in [0.717, 1.165) is 37.4 Å². The summed E-state index contributed by atoms with van der Waals surface area (Å²) in [6.45, 7) is 2.24. The fourth-order valence-electron chi connectivity index (χ4n) is 5.45. The molecule has 1 N–H and O–H groups in total. The summed E-state index contributed by atoms with van der Waals surface area (Å²) in [6, 6.07) is 15.3. The maximum atomic E-state index is 12.8. The summed E-state index contributed by atoms with van der Waals surface area (Å²) in [4.78, 5) is 33.9. The summed E-state index contributed by atoms with van der Waals surface area (Å²) in [5, 5.41) is 8.10. The number of hydrogen-bond donors (Lipinski definition) is 1. The first-order valence-corrected chi connectivity index (χ1v) is 18.7. The van der Waals surface area contributed by atoms with Crippen molar-refractivity contribution >= 4 is 44.5 Å². The number of hydrogen-bond acceptors (Lipinski definition) is 8. The highest BCUT2D eigenvalue weighted by Gasteiger charge is 2.28. The van der Waals surface area contributed by atoms with E-state index >= 15 is 0 Å². The van der Waals surface area contributed by atoms with Gasteiger partial charge in [0.15, 0.2) is 5.78 Å². The van der Waals surface area contributed by atoms with Crippen molar-refractivity contribution in [2.24, 2.45) is 0 Å². The second-order valence-corrected chi connectivity index (χ2v) is 14.5. The summed E-state index contributed by atoms with van der Waals surface area (Å²) in [7, 11) is -4.78. The molecule has 0 aliphatic rings. The SMILES string of the molecule is CCCCCCCCCCCCCCCCC(c1nc(SC(CC(=O)c2ccccc2)C(=O)O)c2ccccc2n1)S(=O)(=O)[O-]. The molecule has 2 atom stereocenters.